The Labute approximate surface area is 213 Å². The van der Waals surface area contributed by atoms with Crippen LogP contribution in [-0.4, -0.2) is 49.8 Å². The molecule has 2 heterocycles. The summed E-state index contributed by atoms with van der Waals surface area (Å²) in [6.07, 6.45) is 1.22. The smallest absolute Gasteiger partial charge is 0.243 e. The summed E-state index contributed by atoms with van der Waals surface area (Å²) in [5.74, 6) is -0.690. The van der Waals surface area contributed by atoms with Crippen molar-refractivity contribution in [1.82, 2.24) is 9.21 Å². The van der Waals surface area contributed by atoms with Crippen LogP contribution in [0.5, 0.6) is 5.75 Å². The minimum Gasteiger partial charge on any atom is -0.488 e. The van der Waals surface area contributed by atoms with E-state index >= 15 is 0 Å². The maximum absolute atomic E-state index is 14.1. The van der Waals surface area contributed by atoms with Crippen LogP contribution < -0.4 is 4.74 Å². The fourth-order valence-electron chi connectivity index (χ4n) is 4.14. The number of hydrogen-bond donors (Lipinski definition) is 0. The van der Waals surface area contributed by atoms with Gasteiger partial charge in [0.05, 0.1) is 17.5 Å². The highest BCUT2D eigenvalue weighted by Crippen LogP contribution is 2.34. The lowest BCUT2D eigenvalue weighted by molar-refractivity contribution is -0.135. The van der Waals surface area contributed by atoms with E-state index < -0.39 is 21.9 Å². The Hall–Kier alpha value is -2.46. The van der Waals surface area contributed by atoms with Crippen molar-refractivity contribution in [2.24, 2.45) is 0 Å². The second-order valence-electron chi connectivity index (χ2n) is 8.19. The van der Waals surface area contributed by atoms with Gasteiger partial charge in [-0.1, -0.05) is 30.7 Å². The SMILES string of the molecule is CCCN(CC(=O)N1CCc2sccc2C1COc1ccccc1F)S(=O)(=O)c1ccc(Cl)cc1. The molecule has 0 bridgehead atoms. The quantitative estimate of drug-likeness (QED) is 0.379. The summed E-state index contributed by atoms with van der Waals surface area (Å²) in [6, 6.07) is 13.5. The molecule has 4 rings (SSSR count). The molecule has 1 atom stereocenters. The van der Waals surface area contributed by atoms with Crippen molar-refractivity contribution in [3.63, 3.8) is 0 Å². The molecule has 1 unspecified atom stereocenters. The Kier molecular flexibility index (Phi) is 8.11. The summed E-state index contributed by atoms with van der Waals surface area (Å²) < 4.78 is 47.7. The van der Waals surface area contributed by atoms with Crippen LogP contribution in [0.2, 0.25) is 5.02 Å². The molecule has 35 heavy (non-hydrogen) atoms. The number of halogens is 2. The van der Waals surface area contributed by atoms with Gasteiger partial charge in [-0.3, -0.25) is 4.79 Å². The van der Waals surface area contributed by atoms with Crippen LogP contribution in [0.3, 0.4) is 0 Å². The maximum Gasteiger partial charge on any atom is 0.243 e. The average Bonchev–Trinajstić information content (AvgIpc) is 3.32. The van der Waals surface area contributed by atoms with Gasteiger partial charge in [-0.05, 0) is 66.2 Å². The molecular formula is C25H26ClFN2O4S2. The fourth-order valence-corrected chi connectivity index (χ4v) is 6.67. The Morgan fingerprint density at radius 1 is 1.20 bits per heavy atom. The fraction of sp³-hybridized carbons (Fsp3) is 0.320. The minimum atomic E-state index is -3.89. The molecule has 0 spiro atoms. The number of hydrogen-bond acceptors (Lipinski definition) is 5. The summed E-state index contributed by atoms with van der Waals surface area (Å²) >= 11 is 7.52. The van der Waals surface area contributed by atoms with Crippen LogP contribution in [0.15, 0.2) is 64.9 Å². The normalized spacial score (nSPS) is 15.8. The molecule has 0 radical (unpaired) electrons. The van der Waals surface area contributed by atoms with Crippen molar-refractivity contribution in [3.8, 4) is 5.75 Å². The number of para-hydroxylation sites is 1. The number of rotatable bonds is 9. The topological polar surface area (TPSA) is 66.9 Å². The summed E-state index contributed by atoms with van der Waals surface area (Å²) in [6.45, 7) is 2.25. The number of fused-ring (bicyclic) bond motifs is 1. The van der Waals surface area contributed by atoms with Crippen LogP contribution in [0.4, 0.5) is 4.39 Å². The van der Waals surface area contributed by atoms with Crippen LogP contribution in [-0.2, 0) is 21.2 Å². The highest BCUT2D eigenvalue weighted by Gasteiger charge is 2.35. The molecule has 0 fully saturated rings. The second-order valence-corrected chi connectivity index (χ2v) is 11.6. The van der Waals surface area contributed by atoms with Crippen molar-refractivity contribution in [2.75, 3.05) is 26.2 Å². The first-order valence-corrected chi connectivity index (χ1v) is 14.0. The van der Waals surface area contributed by atoms with E-state index in [1.807, 2.05) is 18.4 Å². The first-order chi connectivity index (χ1) is 16.8. The standard InChI is InChI=1S/C25H26ClFN2O4S2/c1-2-13-28(35(31,32)19-9-7-18(26)8-10-19)16-25(30)29-14-11-24-20(12-15-34-24)22(29)17-33-23-6-4-3-5-21(23)27/h3-10,12,15,22H,2,11,13-14,16-17H2,1H3. The van der Waals surface area contributed by atoms with Gasteiger partial charge in [-0.2, -0.15) is 4.31 Å². The summed E-state index contributed by atoms with van der Waals surface area (Å²) in [5, 5.41) is 2.39. The Bertz CT molecular complexity index is 1280. The van der Waals surface area contributed by atoms with Crippen LogP contribution >= 0.6 is 22.9 Å². The first-order valence-electron chi connectivity index (χ1n) is 11.3. The van der Waals surface area contributed by atoms with Crippen LogP contribution in [0.25, 0.3) is 0 Å². The van der Waals surface area contributed by atoms with Crippen molar-refractivity contribution in [2.45, 2.75) is 30.7 Å². The Morgan fingerprint density at radius 2 is 1.94 bits per heavy atom. The molecule has 1 amide bonds. The number of sulfonamides is 1. The van der Waals surface area contributed by atoms with Crippen molar-refractivity contribution in [1.29, 1.82) is 0 Å². The van der Waals surface area contributed by atoms with Gasteiger partial charge in [0.25, 0.3) is 0 Å². The molecule has 2 aromatic carbocycles. The van der Waals surface area contributed by atoms with Crippen LogP contribution in [0.1, 0.15) is 29.8 Å². The Morgan fingerprint density at radius 3 is 2.66 bits per heavy atom. The van der Waals surface area contributed by atoms with Crippen molar-refractivity contribution >= 4 is 38.9 Å². The predicted molar refractivity (Wildman–Crippen MR) is 135 cm³/mol. The summed E-state index contributed by atoms with van der Waals surface area (Å²) in [7, 11) is -3.89. The molecular weight excluding hydrogens is 511 g/mol. The van der Waals surface area contributed by atoms with Gasteiger partial charge >= 0.3 is 0 Å². The Balaban J connectivity index is 1.56. The van der Waals surface area contributed by atoms with Gasteiger partial charge in [-0.25, -0.2) is 12.8 Å². The zero-order valence-corrected chi connectivity index (χ0v) is 21.6. The maximum atomic E-state index is 14.1. The molecule has 3 aromatic rings. The third kappa shape index (κ3) is 5.69. The monoisotopic (exact) mass is 536 g/mol. The lowest BCUT2D eigenvalue weighted by Crippen LogP contribution is -2.48. The van der Waals surface area contributed by atoms with Crippen molar-refractivity contribution in [3.05, 3.63) is 81.3 Å². The van der Waals surface area contributed by atoms with E-state index in [4.69, 9.17) is 16.3 Å². The minimum absolute atomic E-state index is 0.0636. The summed E-state index contributed by atoms with van der Waals surface area (Å²) in [5.41, 5.74) is 0.952. The number of benzene rings is 2. The average molecular weight is 537 g/mol. The van der Waals surface area contributed by atoms with E-state index in [1.165, 1.54) is 34.6 Å². The van der Waals surface area contributed by atoms with E-state index in [0.29, 0.717) is 24.4 Å². The van der Waals surface area contributed by atoms with Gasteiger partial charge in [0.2, 0.25) is 15.9 Å². The van der Waals surface area contributed by atoms with Crippen LogP contribution in [0, 0.1) is 5.82 Å². The number of nitrogens with zero attached hydrogens (tertiary/aromatic N) is 2. The number of ether oxygens (including phenoxy) is 1. The number of carbonyl (C=O) groups is 1. The largest absolute Gasteiger partial charge is 0.488 e. The lowest BCUT2D eigenvalue weighted by atomic mass is 10.0. The molecule has 1 aromatic heterocycles. The molecule has 186 valence electrons. The number of amides is 1. The highest BCUT2D eigenvalue weighted by molar-refractivity contribution is 7.89. The molecule has 0 saturated heterocycles. The van der Waals surface area contributed by atoms with E-state index in [2.05, 4.69) is 0 Å². The van der Waals surface area contributed by atoms with Gasteiger partial charge in [0.1, 0.15) is 6.61 Å². The zero-order valence-electron chi connectivity index (χ0n) is 19.2. The molecule has 1 aliphatic rings. The van der Waals surface area contributed by atoms with E-state index in [0.717, 1.165) is 10.4 Å². The zero-order chi connectivity index (χ0) is 25.0. The first kappa shape index (κ1) is 25.6. The molecule has 10 heteroatoms. The van der Waals surface area contributed by atoms with E-state index in [9.17, 15) is 17.6 Å². The molecule has 6 nitrogen and oxygen atoms in total. The highest BCUT2D eigenvalue weighted by atomic mass is 35.5. The molecule has 0 saturated carbocycles. The lowest BCUT2D eigenvalue weighted by Gasteiger charge is -2.37. The van der Waals surface area contributed by atoms with Gasteiger partial charge in [0.15, 0.2) is 11.6 Å². The molecule has 0 N–H and O–H groups in total. The van der Waals surface area contributed by atoms with E-state index in [1.54, 1.807) is 34.4 Å². The third-order valence-electron chi connectivity index (χ3n) is 5.88. The van der Waals surface area contributed by atoms with Gasteiger partial charge < -0.3 is 9.64 Å². The van der Waals surface area contributed by atoms with E-state index in [-0.39, 0.29) is 36.2 Å². The molecule has 0 aliphatic carbocycles. The predicted octanol–water partition coefficient (Wildman–Crippen LogP) is 5.15. The second kappa shape index (κ2) is 11.1. The molecule has 1 aliphatic heterocycles. The summed E-state index contributed by atoms with van der Waals surface area (Å²) in [4.78, 5) is 16.4. The number of thiophene rings is 1. The van der Waals surface area contributed by atoms with Gasteiger partial charge in [0, 0.05) is 23.0 Å². The van der Waals surface area contributed by atoms with Crippen molar-refractivity contribution < 1.29 is 22.3 Å². The third-order valence-corrected chi connectivity index (χ3v) is 8.99. The number of carbonyl (C=O) groups excluding carboxylic acids is 1. The van der Waals surface area contributed by atoms with Gasteiger partial charge in [-0.15, -0.1) is 11.3 Å².